The molecule has 0 atom stereocenters. The highest BCUT2D eigenvalue weighted by Gasteiger charge is 2.30. The average molecular weight is 319 g/mol. The minimum absolute atomic E-state index is 0.0764. The Kier molecular flexibility index (Phi) is 7.11. The summed E-state index contributed by atoms with van der Waals surface area (Å²) in [6, 6.07) is 0. The number of hydrogen-bond acceptors (Lipinski definition) is 7. The summed E-state index contributed by atoms with van der Waals surface area (Å²) >= 11 is 0. The molecule has 0 amide bonds. The van der Waals surface area contributed by atoms with Gasteiger partial charge in [0, 0.05) is 5.56 Å². The summed E-state index contributed by atoms with van der Waals surface area (Å²) in [4.78, 5) is 11.9. The summed E-state index contributed by atoms with van der Waals surface area (Å²) in [5, 5.41) is 0. The monoisotopic (exact) mass is 319 g/mol. The molecule has 0 fully saturated rings. The number of rotatable bonds is 9. The van der Waals surface area contributed by atoms with Gasteiger partial charge in [-0.2, -0.15) is 0 Å². The molecule has 0 aliphatic carbocycles. The molecule has 0 spiro atoms. The van der Waals surface area contributed by atoms with Crippen molar-refractivity contribution in [1.82, 2.24) is 0 Å². The number of furan rings is 1. The van der Waals surface area contributed by atoms with E-state index in [1.165, 1.54) is 6.26 Å². The summed E-state index contributed by atoms with van der Waals surface area (Å²) in [6.45, 7) is 5.92. The Labute approximate surface area is 124 Å². The van der Waals surface area contributed by atoms with E-state index in [-0.39, 0.29) is 38.1 Å². The lowest BCUT2D eigenvalue weighted by molar-refractivity contribution is 0.0524. The van der Waals surface area contributed by atoms with Crippen molar-refractivity contribution in [2.75, 3.05) is 19.8 Å². The van der Waals surface area contributed by atoms with Crippen molar-refractivity contribution in [3.05, 3.63) is 23.2 Å². The lowest BCUT2D eigenvalue weighted by atomic mass is 10.1. The van der Waals surface area contributed by atoms with Gasteiger partial charge in [-0.05, 0) is 20.8 Å². The van der Waals surface area contributed by atoms with Crippen LogP contribution in [0.4, 0.5) is 0 Å². The van der Waals surface area contributed by atoms with Crippen LogP contribution in [0.2, 0.25) is 0 Å². The van der Waals surface area contributed by atoms with Crippen LogP contribution in [0.25, 0.3) is 0 Å². The molecule has 0 aliphatic heterocycles. The molecule has 1 aromatic heterocycles. The lowest BCUT2D eigenvalue weighted by Gasteiger charge is -2.17. The zero-order valence-electron chi connectivity index (χ0n) is 12.6. The van der Waals surface area contributed by atoms with Gasteiger partial charge in [0.1, 0.15) is 17.6 Å². The molecule has 0 saturated heterocycles. The molecular weight excluding hydrogens is 297 g/mol. The number of nitrogens with two attached hydrogens (primary N) is 1. The van der Waals surface area contributed by atoms with Crippen LogP contribution in [-0.4, -0.2) is 25.8 Å². The van der Waals surface area contributed by atoms with Crippen LogP contribution in [0.3, 0.4) is 0 Å². The second-order valence-corrected chi connectivity index (χ2v) is 6.13. The Morgan fingerprint density at radius 2 is 1.86 bits per heavy atom. The Balaban J connectivity index is 3.11. The van der Waals surface area contributed by atoms with E-state index in [0.29, 0.717) is 11.3 Å². The summed E-state index contributed by atoms with van der Waals surface area (Å²) in [7, 11) is -3.36. The molecule has 0 radical (unpaired) electrons. The first-order chi connectivity index (χ1) is 10.0. The van der Waals surface area contributed by atoms with Gasteiger partial charge in [0.05, 0.1) is 32.5 Å². The van der Waals surface area contributed by atoms with Crippen molar-refractivity contribution in [3.63, 3.8) is 0 Å². The highest BCUT2D eigenvalue weighted by atomic mass is 31.2. The van der Waals surface area contributed by atoms with Gasteiger partial charge < -0.3 is 23.9 Å². The molecule has 1 heterocycles. The van der Waals surface area contributed by atoms with Gasteiger partial charge in [-0.1, -0.05) is 0 Å². The maximum absolute atomic E-state index is 12.6. The Hall–Kier alpha value is -1.14. The van der Waals surface area contributed by atoms with Crippen molar-refractivity contribution in [3.8, 4) is 0 Å². The number of esters is 1. The Morgan fingerprint density at radius 3 is 2.33 bits per heavy atom. The Bertz CT molecular complexity index is 503. The van der Waals surface area contributed by atoms with Crippen LogP contribution < -0.4 is 5.73 Å². The molecule has 0 saturated carbocycles. The van der Waals surface area contributed by atoms with Crippen LogP contribution in [0, 0.1) is 0 Å². The van der Waals surface area contributed by atoms with E-state index in [2.05, 4.69) is 0 Å². The van der Waals surface area contributed by atoms with E-state index in [1.54, 1.807) is 20.8 Å². The van der Waals surface area contributed by atoms with Crippen molar-refractivity contribution in [2.45, 2.75) is 33.5 Å². The molecule has 0 unspecified atom stereocenters. The SMILES string of the molecule is CCOC(=O)c1coc(CN)c1CP(=O)(OCC)OCC. The first-order valence-electron chi connectivity index (χ1n) is 6.85. The number of carbonyl (C=O) groups is 1. The maximum Gasteiger partial charge on any atom is 0.341 e. The normalized spacial score (nSPS) is 11.6. The van der Waals surface area contributed by atoms with Crippen LogP contribution in [-0.2, 0) is 31.1 Å². The van der Waals surface area contributed by atoms with E-state index >= 15 is 0 Å². The minimum Gasteiger partial charge on any atom is -0.467 e. The zero-order valence-corrected chi connectivity index (χ0v) is 13.5. The fourth-order valence-corrected chi connectivity index (χ4v) is 3.64. The number of carbonyl (C=O) groups excluding carboxylic acids is 1. The first-order valence-corrected chi connectivity index (χ1v) is 8.58. The van der Waals surface area contributed by atoms with E-state index < -0.39 is 13.6 Å². The lowest BCUT2D eigenvalue weighted by Crippen LogP contribution is -2.09. The molecule has 2 N–H and O–H groups in total. The van der Waals surface area contributed by atoms with Crippen LogP contribution in [0.1, 0.15) is 42.5 Å². The third-order valence-corrected chi connectivity index (χ3v) is 4.67. The van der Waals surface area contributed by atoms with Gasteiger partial charge in [-0.3, -0.25) is 4.57 Å². The topological polar surface area (TPSA) is 101 Å². The van der Waals surface area contributed by atoms with Gasteiger partial charge in [0.2, 0.25) is 0 Å². The van der Waals surface area contributed by atoms with Gasteiger partial charge in [0.15, 0.2) is 0 Å². The van der Waals surface area contributed by atoms with E-state index in [1.807, 2.05) is 0 Å². The van der Waals surface area contributed by atoms with Gasteiger partial charge >= 0.3 is 13.6 Å². The molecule has 0 bridgehead atoms. The van der Waals surface area contributed by atoms with E-state index in [4.69, 9.17) is 23.9 Å². The summed E-state index contributed by atoms with van der Waals surface area (Å²) in [6.07, 6.45) is 1.18. The molecule has 1 aromatic rings. The predicted molar refractivity (Wildman–Crippen MR) is 77.1 cm³/mol. The fourth-order valence-electron chi connectivity index (χ4n) is 1.86. The molecular formula is C13H22NO6P. The second-order valence-electron chi connectivity index (χ2n) is 4.08. The standard InChI is InChI=1S/C13H22NO6P/c1-4-17-13(15)10-8-18-12(7-14)11(10)9-21(16,19-5-2)20-6-3/h8H,4-7,9,14H2,1-3H3. The Morgan fingerprint density at radius 1 is 1.24 bits per heavy atom. The second kappa shape index (κ2) is 8.34. The highest BCUT2D eigenvalue weighted by Crippen LogP contribution is 2.52. The molecule has 120 valence electrons. The number of hydrogen-bond donors (Lipinski definition) is 1. The van der Waals surface area contributed by atoms with Gasteiger partial charge in [-0.15, -0.1) is 0 Å². The van der Waals surface area contributed by atoms with Crippen LogP contribution >= 0.6 is 7.60 Å². The van der Waals surface area contributed by atoms with Gasteiger partial charge in [-0.25, -0.2) is 4.79 Å². The van der Waals surface area contributed by atoms with Crippen molar-refractivity contribution < 1.29 is 27.6 Å². The number of ether oxygens (including phenoxy) is 1. The largest absolute Gasteiger partial charge is 0.467 e. The van der Waals surface area contributed by atoms with E-state index in [0.717, 1.165) is 0 Å². The smallest absolute Gasteiger partial charge is 0.341 e. The average Bonchev–Trinajstić information content (AvgIpc) is 2.82. The summed E-state index contributed by atoms with van der Waals surface area (Å²) in [5.74, 6) is -0.173. The maximum atomic E-state index is 12.6. The minimum atomic E-state index is -3.36. The quantitative estimate of drug-likeness (QED) is 0.551. The van der Waals surface area contributed by atoms with E-state index in [9.17, 15) is 9.36 Å². The van der Waals surface area contributed by atoms with Crippen molar-refractivity contribution in [1.29, 1.82) is 0 Å². The highest BCUT2D eigenvalue weighted by molar-refractivity contribution is 7.53. The van der Waals surface area contributed by atoms with Crippen molar-refractivity contribution in [2.24, 2.45) is 5.73 Å². The molecule has 7 nitrogen and oxygen atoms in total. The first kappa shape index (κ1) is 17.9. The molecule has 1 rings (SSSR count). The summed E-state index contributed by atoms with van der Waals surface area (Å²) in [5.41, 5.74) is 6.21. The van der Waals surface area contributed by atoms with Crippen LogP contribution in [0.5, 0.6) is 0 Å². The molecule has 0 aromatic carbocycles. The zero-order chi connectivity index (χ0) is 15.9. The molecule has 21 heavy (non-hydrogen) atoms. The van der Waals surface area contributed by atoms with Crippen LogP contribution in [0.15, 0.2) is 10.7 Å². The third-order valence-electron chi connectivity index (χ3n) is 2.66. The fraction of sp³-hybridized carbons (Fsp3) is 0.615. The third kappa shape index (κ3) is 4.68. The molecule has 0 aliphatic rings. The van der Waals surface area contributed by atoms with Crippen molar-refractivity contribution >= 4 is 13.6 Å². The predicted octanol–water partition coefficient (Wildman–Crippen LogP) is 2.68. The summed E-state index contributed by atoms with van der Waals surface area (Å²) < 4.78 is 33.3. The van der Waals surface area contributed by atoms with Gasteiger partial charge in [0.25, 0.3) is 0 Å². The molecule has 8 heteroatoms.